The molecular weight excluding hydrogens is 210 g/mol. The Morgan fingerprint density at radius 2 is 1.59 bits per heavy atom. The smallest absolute Gasteiger partial charge is 0.141 e. The second-order valence-electron chi connectivity index (χ2n) is 7.56. The fourth-order valence-corrected chi connectivity index (χ4v) is 3.27. The van der Waals surface area contributed by atoms with Crippen molar-refractivity contribution in [2.45, 2.75) is 71.9 Å². The second-order valence-corrected chi connectivity index (χ2v) is 7.56. The van der Waals surface area contributed by atoms with Crippen LogP contribution >= 0.6 is 0 Å². The van der Waals surface area contributed by atoms with Gasteiger partial charge in [-0.1, -0.05) is 20.8 Å². The van der Waals surface area contributed by atoms with Crippen LogP contribution in [0, 0.1) is 11.3 Å². The van der Waals surface area contributed by atoms with Gasteiger partial charge in [-0.05, 0) is 39.5 Å². The standard InChI is InChI=1S/C15H27NO/c1-14(2,3)13(17)11-6-8-12(9-7-11)16-10-15(16,4)5/h11-12H,6-10H2,1-5H3. The van der Waals surface area contributed by atoms with Gasteiger partial charge in [-0.15, -0.1) is 0 Å². The summed E-state index contributed by atoms with van der Waals surface area (Å²) < 4.78 is 0. The molecule has 0 spiro atoms. The highest BCUT2D eigenvalue weighted by atomic mass is 16.1. The van der Waals surface area contributed by atoms with Crippen LogP contribution in [0.2, 0.25) is 0 Å². The summed E-state index contributed by atoms with van der Waals surface area (Å²) in [6, 6.07) is 0.744. The van der Waals surface area contributed by atoms with E-state index in [2.05, 4.69) is 39.5 Å². The van der Waals surface area contributed by atoms with E-state index in [4.69, 9.17) is 0 Å². The van der Waals surface area contributed by atoms with Crippen LogP contribution in [0.15, 0.2) is 0 Å². The van der Waals surface area contributed by atoms with E-state index in [9.17, 15) is 4.79 Å². The van der Waals surface area contributed by atoms with Crippen molar-refractivity contribution in [1.29, 1.82) is 0 Å². The number of carbonyl (C=O) groups excluding carboxylic acids is 1. The van der Waals surface area contributed by atoms with Crippen molar-refractivity contribution < 1.29 is 4.79 Å². The maximum Gasteiger partial charge on any atom is 0.141 e. The molecule has 1 aliphatic carbocycles. The highest BCUT2D eigenvalue weighted by Crippen LogP contribution is 2.41. The molecule has 1 saturated heterocycles. The van der Waals surface area contributed by atoms with Crippen LogP contribution in [-0.2, 0) is 4.79 Å². The van der Waals surface area contributed by atoms with Gasteiger partial charge in [-0.3, -0.25) is 9.69 Å². The van der Waals surface area contributed by atoms with Gasteiger partial charge >= 0.3 is 0 Å². The first-order chi connectivity index (χ1) is 7.72. The van der Waals surface area contributed by atoms with E-state index in [0.29, 0.717) is 17.2 Å². The van der Waals surface area contributed by atoms with Crippen molar-refractivity contribution in [2.24, 2.45) is 11.3 Å². The fraction of sp³-hybridized carbons (Fsp3) is 0.933. The molecule has 2 rings (SSSR count). The minimum atomic E-state index is -0.156. The Labute approximate surface area is 106 Å². The Kier molecular flexibility index (Phi) is 3.14. The summed E-state index contributed by atoms with van der Waals surface area (Å²) in [6.45, 7) is 12.0. The lowest BCUT2D eigenvalue weighted by Crippen LogP contribution is -2.35. The van der Waals surface area contributed by atoms with Crippen LogP contribution in [0.4, 0.5) is 0 Å². The molecule has 0 N–H and O–H groups in total. The molecule has 2 fully saturated rings. The molecule has 2 nitrogen and oxygen atoms in total. The largest absolute Gasteiger partial charge is 0.299 e. The molecule has 0 aromatic rings. The molecule has 1 saturated carbocycles. The van der Waals surface area contributed by atoms with Crippen molar-refractivity contribution in [3.05, 3.63) is 0 Å². The van der Waals surface area contributed by atoms with Gasteiger partial charge in [0.15, 0.2) is 0 Å². The molecule has 1 heterocycles. The van der Waals surface area contributed by atoms with E-state index in [1.165, 1.54) is 19.4 Å². The van der Waals surface area contributed by atoms with Gasteiger partial charge in [-0.25, -0.2) is 0 Å². The normalized spacial score (nSPS) is 36.6. The van der Waals surface area contributed by atoms with Gasteiger partial charge in [0, 0.05) is 29.5 Å². The number of rotatable bonds is 2. The van der Waals surface area contributed by atoms with Gasteiger partial charge in [0.1, 0.15) is 5.78 Å². The summed E-state index contributed by atoms with van der Waals surface area (Å²) in [5.74, 6) is 0.801. The highest BCUT2D eigenvalue weighted by molar-refractivity contribution is 5.86. The number of carbonyl (C=O) groups is 1. The molecular formula is C15H27NO. The van der Waals surface area contributed by atoms with Crippen LogP contribution in [0.1, 0.15) is 60.3 Å². The molecule has 1 aliphatic heterocycles. The number of ketones is 1. The molecule has 2 aliphatic rings. The van der Waals surface area contributed by atoms with Crippen molar-refractivity contribution >= 4 is 5.78 Å². The summed E-state index contributed by atoms with van der Waals surface area (Å²) in [6.07, 6.45) is 4.65. The summed E-state index contributed by atoms with van der Waals surface area (Å²) in [7, 11) is 0. The van der Waals surface area contributed by atoms with Crippen LogP contribution in [0.5, 0.6) is 0 Å². The van der Waals surface area contributed by atoms with Gasteiger partial charge < -0.3 is 0 Å². The Hall–Kier alpha value is -0.370. The second kappa shape index (κ2) is 4.08. The van der Waals surface area contributed by atoms with Crippen molar-refractivity contribution in [1.82, 2.24) is 4.90 Å². The number of nitrogens with zero attached hydrogens (tertiary/aromatic N) is 1. The molecule has 1 unspecified atom stereocenters. The zero-order chi connectivity index (χ0) is 12.8. The predicted octanol–water partition coefficient (Wildman–Crippen LogP) is 3.25. The first-order valence-corrected chi connectivity index (χ1v) is 7.03. The van der Waals surface area contributed by atoms with Gasteiger partial charge in [0.05, 0.1) is 0 Å². The molecule has 17 heavy (non-hydrogen) atoms. The Bertz CT molecular complexity index is 305. The third-order valence-corrected chi connectivity index (χ3v) is 4.48. The summed E-state index contributed by atoms with van der Waals surface area (Å²) >= 11 is 0. The average Bonchev–Trinajstić information content (AvgIpc) is 2.86. The van der Waals surface area contributed by atoms with Crippen LogP contribution in [-0.4, -0.2) is 28.8 Å². The first-order valence-electron chi connectivity index (χ1n) is 7.03. The minimum absolute atomic E-state index is 0.156. The number of Topliss-reactive ketones (excluding diaryl/α,β-unsaturated/α-hetero) is 1. The molecule has 2 heteroatoms. The summed E-state index contributed by atoms with van der Waals surface area (Å²) in [4.78, 5) is 14.8. The molecule has 0 amide bonds. The lowest BCUT2D eigenvalue weighted by Gasteiger charge is -2.33. The van der Waals surface area contributed by atoms with Crippen molar-refractivity contribution in [3.63, 3.8) is 0 Å². The monoisotopic (exact) mass is 237 g/mol. The lowest BCUT2D eigenvalue weighted by atomic mass is 9.75. The van der Waals surface area contributed by atoms with E-state index in [0.717, 1.165) is 18.9 Å². The van der Waals surface area contributed by atoms with Gasteiger partial charge in [0.2, 0.25) is 0 Å². The third-order valence-electron chi connectivity index (χ3n) is 4.48. The van der Waals surface area contributed by atoms with E-state index >= 15 is 0 Å². The molecule has 0 bridgehead atoms. The Morgan fingerprint density at radius 1 is 1.12 bits per heavy atom. The molecule has 1 atom stereocenters. The van der Waals surface area contributed by atoms with E-state index in [-0.39, 0.29) is 5.41 Å². The minimum Gasteiger partial charge on any atom is -0.299 e. The predicted molar refractivity (Wildman–Crippen MR) is 71.0 cm³/mol. The molecule has 0 aromatic carbocycles. The Balaban J connectivity index is 1.85. The van der Waals surface area contributed by atoms with E-state index in [1.807, 2.05) is 0 Å². The van der Waals surface area contributed by atoms with Crippen LogP contribution in [0.25, 0.3) is 0 Å². The first kappa shape index (κ1) is 13.1. The average molecular weight is 237 g/mol. The topological polar surface area (TPSA) is 20.1 Å². The quantitative estimate of drug-likeness (QED) is 0.687. The SMILES string of the molecule is CC(C)(C)C(=O)C1CCC(N2CC2(C)C)CC1. The fourth-order valence-electron chi connectivity index (χ4n) is 3.27. The molecule has 0 radical (unpaired) electrons. The Morgan fingerprint density at radius 3 is 1.94 bits per heavy atom. The van der Waals surface area contributed by atoms with E-state index < -0.39 is 0 Å². The highest BCUT2D eigenvalue weighted by Gasteiger charge is 2.48. The summed E-state index contributed by atoms with van der Waals surface area (Å²) in [5, 5.41) is 0. The van der Waals surface area contributed by atoms with Crippen LogP contribution < -0.4 is 0 Å². The lowest BCUT2D eigenvalue weighted by molar-refractivity contribution is -0.131. The van der Waals surface area contributed by atoms with Gasteiger partial charge in [-0.2, -0.15) is 0 Å². The number of hydrogen-bond acceptors (Lipinski definition) is 2. The van der Waals surface area contributed by atoms with Crippen molar-refractivity contribution in [3.8, 4) is 0 Å². The van der Waals surface area contributed by atoms with Gasteiger partial charge in [0.25, 0.3) is 0 Å². The summed E-state index contributed by atoms with van der Waals surface area (Å²) in [5.41, 5.74) is 0.280. The maximum atomic E-state index is 12.2. The zero-order valence-corrected chi connectivity index (χ0v) is 12.0. The van der Waals surface area contributed by atoms with Crippen LogP contribution in [0.3, 0.4) is 0 Å². The van der Waals surface area contributed by atoms with E-state index in [1.54, 1.807) is 0 Å². The molecule has 98 valence electrons. The zero-order valence-electron chi connectivity index (χ0n) is 12.0. The number of hydrogen-bond donors (Lipinski definition) is 0. The van der Waals surface area contributed by atoms with Crippen molar-refractivity contribution in [2.75, 3.05) is 6.54 Å². The third kappa shape index (κ3) is 2.73. The maximum absolute atomic E-state index is 12.2. The molecule has 0 aromatic heterocycles.